The van der Waals surface area contributed by atoms with Crippen LogP contribution in [0.2, 0.25) is 0 Å². The van der Waals surface area contributed by atoms with E-state index in [1.165, 1.54) is 0 Å². The number of nitrogens with one attached hydrogen (secondary N) is 3. The summed E-state index contributed by atoms with van der Waals surface area (Å²) in [6.45, 7) is 2.30. The van der Waals surface area contributed by atoms with Gasteiger partial charge in [0.15, 0.2) is 5.69 Å². The molecule has 0 aromatic carbocycles. The topological polar surface area (TPSA) is 86.9 Å². The summed E-state index contributed by atoms with van der Waals surface area (Å²) in [6.07, 6.45) is -3.15. The summed E-state index contributed by atoms with van der Waals surface area (Å²) in [5.41, 5.74) is -2.36. The third-order valence-electron chi connectivity index (χ3n) is 2.08. The maximum atomic E-state index is 12.4. The zero-order chi connectivity index (χ0) is 14.5. The van der Waals surface area contributed by atoms with Gasteiger partial charge in [-0.3, -0.25) is 15.1 Å². The van der Waals surface area contributed by atoms with Gasteiger partial charge in [-0.15, -0.1) is 0 Å². The molecule has 0 aliphatic rings. The third-order valence-corrected chi connectivity index (χ3v) is 2.08. The van der Waals surface area contributed by atoms with Gasteiger partial charge in [0, 0.05) is 12.6 Å². The Morgan fingerprint density at radius 1 is 1.47 bits per heavy atom. The van der Waals surface area contributed by atoms with E-state index in [1.807, 2.05) is 17.2 Å². The van der Waals surface area contributed by atoms with Crippen molar-refractivity contribution in [1.82, 2.24) is 15.3 Å². The molecule has 0 saturated carbocycles. The van der Waals surface area contributed by atoms with Gasteiger partial charge in [0.1, 0.15) is 0 Å². The molecule has 1 aromatic heterocycles. The predicted molar refractivity (Wildman–Crippen MR) is 61.8 cm³/mol. The molecule has 0 aliphatic heterocycles. The zero-order valence-corrected chi connectivity index (χ0v) is 10.1. The Labute approximate surface area is 106 Å². The van der Waals surface area contributed by atoms with Gasteiger partial charge in [0.25, 0.3) is 5.56 Å². The lowest BCUT2D eigenvalue weighted by molar-refractivity contribution is -0.141. The standard InChI is InChI=1S/C10H13F3N4O2/c1-2-3-4-14-9(19)17-8-15-6(10(11,12)13)5-7(18)16-8/h5H,2-4H2,1H3,(H3,14,15,16,17,18,19). The number of hydrogen-bond acceptors (Lipinski definition) is 3. The molecule has 0 aliphatic carbocycles. The summed E-state index contributed by atoms with van der Waals surface area (Å²) >= 11 is 0. The Kier molecular flexibility index (Phi) is 4.90. The molecule has 0 bridgehead atoms. The van der Waals surface area contributed by atoms with Gasteiger partial charge in [0.05, 0.1) is 0 Å². The monoisotopic (exact) mass is 278 g/mol. The molecule has 1 rings (SSSR count). The number of aromatic nitrogens is 2. The molecule has 0 spiro atoms. The summed E-state index contributed by atoms with van der Waals surface area (Å²) in [5.74, 6) is -0.547. The highest BCUT2D eigenvalue weighted by atomic mass is 19.4. The summed E-state index contributed by atoms with van der Waals surface area (Å²) in [4.78, 5) is 27.4. The molecular formula is C10H13F3N4O2. The number of carbonyl (C=O) groups excluding carboxylic acids is 1. The molecule has 0 fully saturated rings. The Balaban J connectivity index is 2.76. The normalized spacial score (nSPS) is 11.2. The second kappa shape index (κ2) is 6.21. The van der Waals surface area contributed by atoms with Crippen molar-refractivity contribution in [3.05, 3.63) is 22.1 Å². The van der Waals surface area contributed by atoms with Crippen molar-refractivity contribution in [2.24, 2.45) is 0 Å². The maximum Gasteiger partial charge on any atom is 0.433 e. The molecule has 0 saturated heterocycles. The minimum atomic E-state index is -4.75. The quantitative estimate of drug-likeness (QED) is 0.733. The molecule has 0 unspecified atom stereocenters. The van der Waals surface area contributed by atoms with Crippen LogP contribution in [0.25, 0.3) is 0 Å². The van der Waals surface area contributed by atoms with Crippen molar-refractivity contribution in [1.29, 1.82) is 0 Å². The average molecular weight is 278 g/mol. The Bertz CT molecular complexity index is 498. The van der Waals surface area contributed by atoms with Gasteiger partial charge in [-0.25, -0.2) is 9.78 Å². The Morgan fingerprint density at radius 3 is 2.74 bits per heavy atom. The van der Waals surface area contributed by atoms with E-state index in [0.717, 1.165) is 12.8 Å². The highest BCUT2D eigenvalue weighted by molar-refractivity contribution is 5.87. The summed E-state index contributed by atoms with van der Waals surface area (Å²) < 4.78 is 37.2. The van der Waals surface area contributed by atoms with Crippen LogP contribution >= 0.6 is 0 Å². The van der Waals surface area contributed by atoms with Crippen LogP contribution in [0.3, 0.4) is 0 Å². The largest absolute Gasteiger partial charge is 0.433 e. The number of urea groups is 1. The SMILES string of the molecule is CCCCNC(=O)Nc1nc(C(F)(F)F)cc(=O)[nH]1. The van der Waals surface area contributed by atoms with Gasteiger partial charge >= 0.3 is 12.2 Å². The molecule has 9 heteroatoms. The minimum Gasteiger partial charge on any atom is -0.338 e. The molecule has 0 atom stereocenters. The fourth-order valence-electron chi connectivity index (χ4n) is 1.19. The Hall–Kier alpha value is -2.06. The van der Waals surface area contributed by atoms with Crippen LogP contribution in [0, 0.1) is 0 Å². The van der Waals surface area contributed by atoms with Crippen molar-refractivity contribution in [3.8, 4) is 0 Å². The molecular weight excluding hydrogens is 265 g/mol. The first-order valence-corrected chi connectivity index (χ1v) is 5.56. The van der Waals surface area contributed by atoms with E-state index >= 15 is 0 Å². The number of rotatable bonds is 4. The van der Waals surface area contributed by atoms with Crippen molar-refractivity contribution >= 4 is 12.0 Å². The van der Waals surface area contributed by atoms with Crippen LogP contribution in [0.15, 0.2) is 10.9 Å². The number of nitrogens with zero attached hydrogens (tertiary/aromatic N) is 1. The van der Waals surface area contributed by atoms with Crippen LogP contribution in [0.4, 0.5) is 23.9 Å². The van der Waals surface area contributed by atoms with Crippen LogP contribution < -0.4 is 16.2 Å². The van der Waals surface area contributed by atoms with E-state index in [2.05, 4.69) is 10.3 Å². The lowest BCUT2D eigenvalue weighted by Crippen LogP contribution is -2.31. The van der Waals surface area contributed by atoms with E-state index in [0.29, 0.717) is 12.6 Å². The first-order chi connectivity index (χ1) is 8.82. The molecule has 3 N–H and O–H groups in total. The highest BCUT2D eigenvalue weighted by Crippen LogP contribution is 2.26. The Morgan fingerprint density at radius 2 is 2.16 bits per heavy atom. The van der Waals surface area contributed by atoms with Crippen molar-refractivity contribution in [3.63, 3.8) is 0 Å². The van der Waals surface area contributed by atoms with Crippen LogP contribution in [-0.2, 0) is 6.18 Å². The number of aromatic amines is 1. The lowest BCUT2D eigenvalue weighted by Gasteiger charge is -2.09. The fraction of sp³-hybridized carbons (Fsp3) is 0.500. The van der Waals surface area contributed by atoms with Gasteiger partial charge in [-0.2, -0.15) is 13.2 Å². The first-order valence-electron chi connectivity index (χ1n) is 5.56. The second-order valence-corrected chi connectivity index (χ2v) is 3.71. The number of anilines is 1. The van der Waals surface area contributed by atoms with Crippen molar-refractivity contribution < 1.29 is 18.0 Å². The number of amides is 2. The van der Waals surface area contributed by atoms with Crippen LogP contribution in [0.5, 0.6) is 0 Å². The third kappa shape index (κ3) is 4.98. The number of carbonyl (C=O) groups is 1. The lowest BCUT2D eigenvalue weighted by atomic mass is 10.3. The van der Waals surface area contributed by atoms with E-state index in [4.69, 9.17) is 0 Å². The van der Waals surface area contributed by atoms with Crippen LogP contribution in [0.1, 0.15) is 25.5 Å². The molecule has 19 heavy (non-hydrogen) atoms. The predicted octanol–water partition coefficient (Wildman–Crippen LogP) is 1.71. The smallest absolute Gasteiger partial charge is 0.338 e. The number of halogens is 3. The van der Waals surface area contributed by atoms with Crippen molar-refractivity contribution in [2.75, 3.05) is 11.9 Å². The van der Waals surface area contributed by atoms with E-state index in [9.17, 15) is 22.8 Å². The van der Waals surface area contributed by atoms with Gasteiger partial charge in [-0.05, 0) is 6.42 Å². The van der Waals surface area contributed by atoms with Crippen molar-refractivity contribution in [2.45, 2.75) is 25.9 Å². The second-order valence-electron chi connectivity index (χ2n) is 3.71. The number of unbranched alkanes of at least 4 members (excludes halogenated alkanes) is 1. The molecule has 106 valence electrons. The zero-order valence-electron chi connectivity index (χ0n) is 10.1. The fourth-order valence-corrected chi connectivity index (χ4v) is 1.19. The van der Waals surface area contributed by atoms with E-state index < -0.39 is 29.4 Å². The molecule has 6 nitrogen and oxygen atoms in total. The number of alkyl halides is 3. The molecule has 1 heterocycles. The average Bonchev–Trinajstić information content (AvgIpc) is 2.27. The van der Waals surface area contributed by atoms with Gasteiger partial charge in [-0.1, -0.05) is 13.3 Å². The number of H-pyrrole nitrogens is 1. The molecule has 0 radical (unpaired) electrons. The molecule has 2 amide bonds. The summed E-state index contributed by atoms with van der Waals surface area (Å²) in [7, 11) is 0. The van der Waals surface area contributed by atoms with E-state index in [-0.39, 0.29) is 0 Å². The minimum absolute atomic E-state index is 0.320. The van der Waals surface area contributed by atoms with Crippen LogP contribution in [-0.4, -0.2) is 22.5 Å². The maximum absolute atomic E-state index is 12.4. The van der Waals surface area contributed by atoms with E-state index in [1.54, 1.807) is 0 Å². The van der Waals surface area contributed by atoms with Gasteiger partial charge in [0.2, 0.25) is 5.95 Å². The molecule has 1 aromatic rings. The summed E-state index contributed by atoms with van der Waals surface area (Å²) in [5, 5.41) is 4.45. The van der Waals surface area contributed by atoms with Gasteiger partial charge < -0.3 is 5.32 Å². The summed E-state index contributed by atoms with van der Waals surface area (Å²) in [6, 6.07) is -0.406. The highest BCUT2D eigenvalue weighted by Gasteiger charge is 2.33. The number of hydrogen-bond donors (Lipinski definition) is 3. The first kappa shape index (κ1) is 15.0.